The third kappa shape index (κ3) is 4.71. The summed E-state index contributed by atoms with van der Waals surface area (Å²) in [4.78, 5) is 34.3. The van der Waals surface area contributed by atoms with Gasteiger partial charge in [0, 0.05) is 17.9 Å². The summed E-state index contributed by atoms with van der Waals surface area (Å²) in [6.07, 6.45) is -0.335. The highest BCUT2D eigenvalue weighted by Gasteiger charge is 2.26. The van der Waals surface area contributed by atoms with Crippen molar-refractivity contribution in [2.75, 3.05) is 13.4 Å². The van der Waals surface area contributed by atoms with Crippen molar-refractivity contribution in [1.29, 1.82) is 0 Å². The number of Topliss-reactive ketones (excluding diaryl/α,β-unsaturated/α-hetero) is 1. The predicted octanol–water partition coefficient (Wildman–Crippen LogP) is 2.44. The fourth-order valence-electron chi connectivity index (χ4n) is 2.37. The lowest BCUT2D eigenvalue weighted by molar-refractivity contribution is -0.387. The average Bonchev–Trinajstić information content (AvgIpc) is 2.66. The number of hydrogen-bond acceptors (Lipinski definition) is 8. The fourth-order valence-corrected chi connectivity index (χ4v) is 3.20. The van der Waals surface area contributed by atoms with E-state index in [1.165, 1.54) is 26.2 Å². The van der Waals surface area contributed by atoms with Crippen LogP contribution >= 0.6 is 0 Å². The van der Waals surface area contributed by atoms with Crippen LogP contribution in [0.25, 0.3) is 0 Å². The molecule has 0 aliphatic heterocycles. The second-order valence-electron chi connectivity index (χ2n) is 5.85. The molecular formula is C18H17NO8S. The van der Waals surface area contributed by atoms with Gasteiger partial charge in [-0.25, -0.2) is 13.2 Å². The maximum atomic E-state index is 12.4. The molecule has 0 saturated carbocycles. The summed E-state index contributed by atoms with van der Waals surface area (Å²) in [5, 5.41) is 11.1. The standard InChI is InChI=1S/C18H17NO8S/c1-11(17(20)12-4-7-14(26-2)8-5-12)27-18(21)13-6-9-16(28(3,24)25)15(10-13)19(22)23/h4-11H,1-3H3/t11-/m1/s1. The van der Waals surface area contributed by atoms with Crippen molar-refractivity contribution in [3.63, 3.8) is 0 Å². The van der Waals surface area contributed by atoms with Crippen molar-refractivity contribution in [2.45, 2.75) is 17.9 Å². The lowest BCUT2D eigenvalue weighted by Crippen LogP contribution is -2.24. The molecule has 2 rings (SSSR count). The summed E-state index contributed by atoms with van der Waals surface area (Å²) in [5.41, 5.74) is -0.695. The van der Waals surface area contributed by atoms with Crippen LogP contribution in [0.1, 0.15) is 27.6 Å². The van der Waals surface area contributed by atoms with Gasteiger partial charge in [0.05, 0.1) is 17.6 Å². The number of hydrogen-bond donors (Lipinski definition) is 0. The van der Waals surface area contributed by atoms with Crippen molar-refractivity contribution < 1.29 is 32.4 Å². The molecule has 0 radical (unpaired) electrons. The number of carbonyl (C=O) groups is 2. The van der Waals surface area contributed by atoms with Gasteiger partial charge in [-0.3, -0.25) is 14.9 Å². The maximum absolute atomic E-state index is 12.4. The zero-order valence-electron chi connectivity index (χ0n) is 15.2. The molecule has 2 aromatic rings. The molecule has 9 nitrogen and oxygen atoms in total. The molecule has 0 bridgehead atoms. The molecule has 2 aromatic carbocycles. The van der Waals surface area contributed by atoms with Crippen LogP contribution in [0.15, 0.2) is 47.4 Å². The molecule has 0 aliphatic rings. The normalized spacial score (nSPS) is 12.1. The third-order valence-corrected chi connectivity index (χ3v) is 4.96. The first-order valence-electron chi connectivity index (χ1n) is 7.92. The van der Waals surface area contributed by atoms with Crippen LogP contribution in [-0.4, -0.2) is 44.6 Å². The lowest BCUT2D eigenvalue weighted by atomic mass is 10.1. The van der Waals surface area contributed by atoms with Crippen molar-refractivity contribution in [1.82, 2.24) is 0 Å². The summed E-state index contributed by atoms with van der Waals surface area (Å²) in [7, 11) is -2.38. The van der Waals surface area contributed by atoms with E-state index in [9.17, 15) is 28.1 Å². The minimum absolute atomic E-state index is 0.242. The van der Waals surface area contributed by atoms with Crippen LogP contribution in [-0.2, 0) is 14.6 Å². The van der Waals surface area contributed by atoms with Gasteiger partial charge >= 0.3 is 5.97 Å². The van der Waals surface area contributed by atoms with Crippen molar-refractivity contribution in [3.05, 3.63) is 63.7 Å². The Labute approximate surface area is 161 Å². The summed E-state index contributed by atoms with van der Waals surface area (Å²) < 4.78 is 33.3. The summed E-state index contributed by atoms with van der Waals surface area (Å²) in [6, 6.07) is 9.04. The number of benzene rings is 2. The zero-order chi connectivity index (χ0) is 21.1. The van der Waals surface area contributed by atoms with Crippen molar-refractivity contribution >= 4 is 27.3 Å². The summed E-state index contributed by atoms with van der Waals surface area (Å²) >= 11 is 0. The second kappa shape index (κ2) is 8.17. The topological polar surface area (TPSA) is 130 Å². The smallest absolute Gasteiger partial charge is 0.339 e. The summed E-state index contributed by atoms with van der Waals surface area (Å²) in [6.45, 7) is 1.36. The molecule has 0 aromatic heterocycles. The van der Waals surface area contributed by atoms with Crippen LogP contribution in [0.3, 0.4) is 0 Å². The monoisotopic (exact) mass is 407 g/mol. The average molecular weight is 407 g/mol. The van der Waals surface area contributed by atoms with E-state index in [0.717, 1.165) is 24.5 Å². The van der Waals surface area contributed by atoms with E-state index < -0.39 is 43.2 Å². The molecule has 0 N–H and O–H groups in total. The van der Waals surface area contributed by atoms with Gasteiger partial charge in [-0.2, -0.15) is 0 Å². The van der Waals surface area contributed by atoms with Gasteiger partial charge in [-0.05, 0) is 43.3 Å². The molecule has 1 atom stereocenters. The molecule has 0 spiro atoms. The molecule has 28 heavy (non-hydrogen) atoms. The number of rotatable bonds is 7. The molecule has 0 unspecified atom stereocenters. The number of ketones is 1. The van der Waals surface area contributed by atoms with E-state index in [0.29, 0.717) is 11.3 Å². The highest BCUT2D eigenvalue weighted by molar-refractivity contribution is 7.90. The third-order valence-electron chi connectivity index (χ3n) is 3.82. The number of nitro benzene ring substituents is 1. The minimum Gasteiger partial charge on any atom is -0.497 e. The maximum Gasteiger partial charge on any atom is 0.339 e. The minimum atomic E-state index is -3.86. The Morgan fingerprint density at radius 1 is 1.07 bits per heavy atom. The Kier molecular flexibility index (Phi) is 6.14. The highest BCUT2D eigenvalue weighted by atomic mass is 32.2. The van der Waals surface area contributed by atoms with Gasteiger partial charge in [-0.1, -0.05) is 0 Å². The number of nitrogens with zero attached hydrogens (tertiary/aromatic N) is 1. The van der Waals surface area contributed by atoms with Crippen LogP contribution in [0.5, 0.6) is 5.75 Å². The Bertz CT molecular complexity index is 1030. The first-order chi connectivity index (χ1) is 13.0. The number of sulfone groups is 1. The number of carbonyl (C=O) groups excluding carboxylic acids is 2. The van der Waals surface area contributed by atoms with Crippen LogP contribution < -0.4 is 4.74 Å². The molecule has 148 valence electrons. The van der Waals surface area contributed by atoms with E-state index in [1.807, 2.05) is 0 Å². The molecule has 10 heteroatoms. The number of ether oxygens (including phenoxy) is 2. The molecular weight excluding hydrogens is 390 g/mol. The van der Waals surface area contributed by atoms with Crippen LogP contribution in [0.2, 0.25) is 0 Å². The van der Waals surface area contributed by atoms with Crippen molar-refractivity contribution in [3.8, 4) is 5.75 Å². The van der Waals surface area contributed by atoms with Crippen LogP contribution in [0, 0.1) is 10.1 Å². The van der Waals surface area contributed by atoms with Gasteiger partial charge in [0.25, 0.3) is 5.69 Å². The van der Waals surface area contributed by atoms with E-state index in [1.54, 1.807) is 12.1 Å². The highest BCUT2D eigenvalue weighted by Crippen LogP contribution is 2.25. The van der Waals surface area contributed by atoms with Gasteiger partial charge < -0.3 is 9.47 Å². The van der Waals surface area contributed by atoms with Crippen LogP contribution in [0.4, 0.5) is 5.69 Å². The van der Waals surface area contributed by atoms with Gasteiger partial charge in [0.2, 0.25) is 5.78 Å². The Morgan fingerprint density at radius 2 is 1.64 bits per heavy atom. The Balaban J connectivity index is 2.22. The quantitative estimate of drug-likeness (QED) is 0.296. The molecule has 0 saturated heterocycles. The van der Waals surface area contributed by atoms with E-state index in [2.05, 4.69) is 0 Å². The second-order valence-corrected chi connectivity index (χ2v) is 7.84. The van der Waals surface area contributed by atoms with E-state index in [4.69, 9.17) is 9.47 Å². The Hall–Kier alpha value is -3.27. The number of methoxy groups -OCH3 is 1. The van der Waals surface area contributed by atoms with Gasteiger partial charge in [0.1, 0.15) is 10.6 Å². The fraction of sp³-hybridized carbons (Fsp3) is 0.222. The van der Waals surface area contributed by atoms with Gasteiger partial charge in [-0.15, -0.1) is 0 Å². The van der Waals surface area contributed by atoms with E-state index in [-0.39, 0.29) is 5.56 Å². The van der Waals surface area contributed by atoms with E-state index >= 15 is 0 Å². The zero-order valence-corrected chi connectivity index (χ0v) is 16.1. The lowest BCUT2D eigenvalue weighted by Gasteiger charge is -2.13. The Morgan fingerprint density at radius 3 is 2.14 bits per heavy atom. The molecule has 0 amide bonds. The molecule has 0 heterocycles. The largest absolute Gasteiger partial charge is 0.497 e. The number of nitro groups is 1. The first kappa shape index (κ1) is 21.0. The van der Waals surface area contributed by atoms with Crippen molar-refractivity contribution in [2.24, 2.45) is 0 Å². The molecule has 0 fully saturated rings. The SMILES string of the molecule is COc1ccc(C(=O)[C@@H](C)OC(=O)c2ccc(S(C)(=O)=O)c([N+](=O)[O-])c2)cc1. The van der Waals surface area contributed by atoms with Gasteiger partial charge in [0.15, 0.2) is 15.9 Å². The first-order valence-corrected chi connectivity index (χ1v) is 9.81. The number of esters is 1. The predicted molar refractivity (Wildman–Crippen MR) is 98.4 cm³/mol. The molecule has 0 aliphatic carbocycles. The summed E-state index contributed by atoms with van der Waals surface area (Å²) in [5.74, 6) is -0.907.